The van der Waals surface area contributed by atoms with E-state index in [0.29, 0.717) is 66.8 Å². The maximum Gasteiger partial charge on any atom is 0.469 e. The fourth-order valence-corrected chi connectivity index (χ4v) is 15.7. The van der Waals surface area contributed by atoms with E-state index in [1.165, 1.54) is 4.90 Å². The molecule has 2 saturated carbocycles. The second-order valence-corrected chi connectivity index (χ2v) is 30.4. The third-order valence-electron chi connectivity index (χ3n) is 21.1. The first-order valence-corrected chi connectivity index (χ1v) is 37.9. The molecule has 2 unspecified atom stereocenters. The second-order valence-electron chi connectivity index (χ2n) is 29.2. The summed E-state index contributed by atoms with van der Waals surface area (Å²) in [6, 6.07) is 29.3. The summed E-state index contributed by atoms with van der Waals surface area (Å²) in [7, 11) is -1.01. The zero-order chi connectivity index (χ0) is 74.1. The molecular formula is C75H95N14O15P. The van der Waals surface area contributed by atoms with Crippen molar-refractivity contribution in [3.63, 3.8) is 0 Å². The van der Waals surface area contributed by atoms with Crippen LogP contribution in [0.25, 0.3) is 11.3 Å². The number of phosphoric acid groups is 1. The molecule has 30 heteroatoms. The van der Waals surface area contributed by atoms with E-state index in [4.69, 9.17) is 33.7 Å². The van der Waals surface area contributed by atoms with E-state index in [-0.39, 0.29) is 80.4 Å². The molecule has 3 aromatic heterocycles. The van der Waals surface area contributed by atoms with Crippen LogP contribution in [0.3, 0.4) is 0 Å². The Balaban J connectivity index is 0.572. The van der Waals surface area contributed by atoms with Gasteiger partial charge < -0.3 is 79.6 Å². The number of aromatic nitrogens is 4. The lowest BCUT2D eigenvalue weighted by molar-refractivity contribution is -0.162. The zero-order valence-electron chi connectivity index (χ0n) is 60.0. The van der Waals surface area contributed by atoms with Crippen LogP contribution in [0.1, 0.15) is 139 Å². The predicted molar refractivity (Wildman–Crippen MR) is 388 cm³/mol. The molecule has 0 spiro atoms. The van der Waals surface area contributed by atoms with Crippen LogP contribution < -0.4 is 45.7 Å². The molecule has 7 heterocycles. The summed E-state index contributed by atoms with van der Waals surface area (Å²) < 4.78 is 48.2. The molecule has 105 heavy (non-hydrogen) atoms. The van der Waals surface area contributed by atoms with Crippen LogP contribution in [0.2, 0.25) is 0 Å². The Morgan fingerprint density at radius 3 is 2.24 bits per heavy atom. The number of aliphatic carboxylic acids is 1. The molecule has 6 aromatic rings. The SMILES string of the molecule is CC(C)[C@@H](C(=O)N1C[C@H](OP(=O)(O)O)C[C@H]1C(=O)N[C@@H](C)c1ccc(C#N)cc1)c1cc(OCCN2CCC(OC3CC(Oc4cc(N5C6CCC5CN(c5cc(-c7ccccc7OCc7ccc(NC(=O)[C@H](CCCCN(C)C)NC(=O)C8(C(=O)O)CCC8)cc7)nnc5N)C6)ccn4)C3)CC2)no1. The highest BCUT2D eigenvalue weighted by molar-refractivity contribution is 7.46. The highest BCUT2D eigenvalue weighted by Crippen LogP contribution is 2.45. The minimum absolute atomic E-state index is 0.0124. The summed E-state index contributed by atoms with van der Waals surface area (Å²) in [5.74, 6) is -2.48. The number of ether oxygens (including phenoxy) is 4. The van der Waals surface area contributed by atoms with Gasteiger partial charge in [-0.1, -0.05) is 56.7 Å². The number of benzene rings is 3. The van der Waals surface area contributed by atoms with E-state index in [1.807, 2.05) is 76.6 Å². The number of para-hydroxylation sites is 1. The Morgan fingerprint density at radius 1 is 0.829 bits per heavy atom. The number of piperidine rings is 1. The van der Waals surface area contributed by atoms with E-state index in [2.05, 4.69) is 74.1 Å². The predicted octanol–water partition coefficient (Wildman–Crippen LogP) is 7.99. The molecule has 2 bridgehead atoms. The molecule has 7 atom stereocenters. The number of unbranched alkanes of at least 4 members (excludes halogenated alkanes) is 1. The van der Waals surface area contributed by atoms with Gasteiger partial charge in [0.2, 0.25) is 29.5 Å². The fourth-order valence-electron chi connectivity index (χ4n) is 15.1. The molecule has 8 N–H and O–H groups in total. The molecule has 4 amide bonds. The number of fused-ring (bicyclic) bond motifs is 2. The van der Waals surface area contributed by atoms with E-state index >= 15 is 0 Å². The molecule has 6 fully saturated rings. The highest BCUT2D eigenvalue weighted by Gasteiger charge is 2.52. The minimum atomic E-state index is -4.96. The van der Waals surface area contributed by atoms with Crippen molar-refractivity contribution in [1.82, 2.24) is 45.7 Å². The summed E-state index contributed by atoms with van der Waals surface area (Å²) in [6.45, 7) is 10.3. The average molecular weight is 1460 g/mol. The third kappa shape index (κ3) is 18.5. The maximum absolute atomic E-state index is 14.4. The van der Waals surface area contributed by atoms with Crippen molar-refractivity contribution in [2.24, 2.45) is 11.3 Å². The van der Waals surface area contributed by atoms with Crippen molar-refractivity contribution in [3.05, 3.63) is 126 Å². The average Bonchev–Trinajstić information content (AvgIpc) is 1.73. The Hall–Kier alpha value is -9.27. The first-order chi connectivity index (χ1) is 50.5. The number of hydrogen-bond acceptors (Lipinski definition) is 22. The number of carboxylic acids is 1. The number of rotatable bonds is 32. The number of nitrogen functional groups attached to an aromatic ring is 1. The number of carbonyl (C=O) groups excluding carboxylic acids is 4. The number of nitrogens with two attached hydrogens (primary N) is 1. The van der Waals surface area contributed by atoms with Crippen molar-refractivity contribution in [1.29, 1.82) is 5.26 Å². The number of nitrogens with one attached hydrogen (secondary N) is 3. The molecule has 4 saturated heterocycles. The minimum Gasteiger partial charge on any atom is -0.488 e. The van der Waals surface area contributed by atoms with Gasteiger partial charge in [0, 0.05) is 106 Å². The zero-order valence-corrected chi connectivity index (χ0v) is 60.9. The van der Waals surface area contributed by atoms with Gasteiger partial charge in [-0.3, -0.25) is 33.4 Å². The van der Waals surface area contributed by atoms with Gasteiger partial charge >= 0.3 is 13.8 Å². The first kappa shape index (κ1) is 75.4. The molecule has 0 radical (unpaired) electrons. The molecule has 12 rings (SSSR count). The summed E-state index contributed by atoms with van der Waals surface area (Å²) in [4.78, 5) is 102. The van der Waals surface area contributed by atoms with Crippen LogP contribution in [-0.4, -0.2) is 195 Å². The topological polar surface area (TPSA) is 376 Å². The summed E-state index contributed by atoms with van der Waals surface area (Å²) in [6.07, 6.45) is 9.04. The lowest BCUT2D eigenvalue weighted by Gasteiger charge is -2.43. The van der Waals surface area contributed by atoms with Crippen LogP contribution in [0.4, 0.5) is 22.9 Å². The Bertz CT molecular complexity index is 4100. The Kier molecular flexibility index (Phi) is 24.0. The number of carbonyl (C=O) groups is 5. The maximum atomic E-state index is 14.4. The Labute approximate surface area is 610 Å². The van der Waals surface area contributed by atoms with Crippen LogP contribution in [-0.2, 0) is 44.4 Å². The van der Waals surface area contributed by atoms with Gasteiger partial charge in [0.15, 0.2) is 11.6 Å². The standard InChI is InChI=1S/C75H95N14O15P/c1-46(2)68(72(92)88-44-58(104-105(96,97)98)38-63(88)71(91)79-47(3)50-18-14-48(41-76)15-19-50)65-40-67(84-103-65)99-34-33-86-31-25-55(26-32-86)101-56-36-57(37-56)102-66-35-52(24-29-78-66)89-53-22-23-54(89)43-87(42-53)62-39-61(82-83-69(62)77)59-11-6-7-13-64(59)100-45-49-16-20-51(21-17-49)80-70(90)60(12-8-9-30-85(4)5)81-73(93)75(74(94)95)27-10-28-75/h6-7,11,13-21,24,29,35,39-40,46-47,53-58,60,63,68H,8-10,12,22-23,25-28,30-34,36-38,42-45H2,1-5H3,(H2,77,83)(H,79,91)(H,80,90)(H,81,93)(H,94,95)(H2,96,97,98)/t47-,53?,54?,56?,57?,58+,60-,63-,68+/m0/s1. The molecule has 3 aromatic carbocycles. The summed E-state index contributed by atoms with van der Waals surface area (Å²) in [5, 5.41) is 40.8. The van der Waals surface area contributed by atoms with E-state index < -0.39 is 73.0 Å². The number of hydrogen-bond donors (Lipinski definition) is 7. The van der Waals surface area contributed by atoms with Gasteiger partial charge in [-0.15, -0.1) is 10.2 Å². The van der Waals surface area contributed by atoms with Crippen molar-refractivity contribution >= 4 is 60.3 Å². The van der Waals surface area contributed by atoms with E-state index in [9.17, 15) is 48.7 Å². The molecular weight excluding hydrogens is 1370 g/mol. The lowest BCUT2D eigenvalue weighted by Crippen LogP contribution is -2.55. The third-order valence-corrected chi connectivity index (χ3v) is 21.7. The number of nitrogens with zero attached hydrogens (tertiary/aromatic N) is 10. The van der Waals surface area contributed by atoms with Crippen LogP contribution in [0.5, 0.6) is 17.5 Å². The lowest BCUT2D eigenvalue weighted by atomic mass is 9.68. The largest absolute Gasteiger partial charge is 0.488 e. The molecule has 560 valence electrons. The second kappa shape index (κ2) is 33.5. The van der Waals surface area contributed by atoms with Gasteiger partial charge in [-0.25, -0.2) is 9.55 Å². The molecule has 6 aliphatic rings. The van der Waals surface area contributed by atoms with E-state index in [1.54, 1.807) is 49.4 Å². The number of nitriles is 1. The number of pyridine rings is 1. The van der Waals surface area contributed by atoms with Crippen LogP contribution >= 0.6 is 7.82 Å². The van der Waals surface area contributed by atoms with E-state index in [0.717, 1.165) is 106 Å². The number of piperazine rings is 1. The first-order valence-electron chi connectivity index (χ1n) is 36.4. The quantitative estimate of drug-likeness (QED) is 0.0119. The van der Waals surface area contributed by atoms with Gasteiger partial charge in [-0.05, 0) is 156 Å². The van der Waals surface area contributed by atoms with Crippen LogP contribution in [0, 0.1) is 22.7 Å². The number of anilines is 4. The number of carboxylic acid groups (broad SMARTS) is 1. The smallest absolute Gasteiger partial charge is 0.469 e. The number of amides is 4. The van der Waals surface area contributed by atoms with Gasteiger partial charge in [-0.2, -0.15) is 5.26 Å². The van der Waals surface area contributed by atoms with Gasteiger partial charge in [0.1, 0.15) is 48.5 Å². The fraction of sp³-hybridized carbons (Fsp3) is 0.520. The molecule has 4 aliphatic heterocycles. The molecule has 2 aliphatic carbocycles. The normalized spacial score (nSPS) is 21.7. The van der Waals surface area contributed by atoms with Gasteiger partial charge in [0.05, 0.1) is 47.4 Å². The molecule has 29 nitrogen and oxygen atoms in total. The van der Waals surface area contributed by atoms with Crippen molar-refractivity contribution in [2.75, 3.05) is 87.4 Å². The number of phosphoric ester groups is 1. The number of likely N-dealkylation sites (tertiary alicyclic amines) is 2. The van der Waals surface area contributed by atoms with Crippen molar-refractivity contribution < 1.29 is 71.4 Å². The monoisotopic (exact) mass is 1460 g/mol. The summed E-state index contributed by atoms with van der Waals surface area (Å²) >= 11 is 0. The van der Waals surface area contributed by atoms with Gasteiger partial charge in [0.25, 0.3) is 5.88 Å². The summed E-state index contributed by atoms with van der Waals surface area (Å²) in [5.41, 5.74) is 10.9. The van der Waals surface area contributed by atoms with Crippen molar-refractivity contribution in [2.45, 2.75) is 171 Å². The Morgan fingerprint density at radius 2 is 1.56 bits per heavy atom. The van der Waals surface area contributed by atoms with Crippen molar-refractivity contribution in [3.8, 4) is 34.8 Å². The highest BCUT2D eigenvalue weighted by atomic mass is 31.2. The van der Waals surface area contributed by atoms with Crippen LogP contribution in [0.15, 0.2) is 108 Å².